The maximum absolute atomic E-state index is 12.4. The molecule has 5 heteroatoms. The minimum Gasteiger partial charge on any atom is -0.298 e. The topological polar surface area (TPSA) is 64.8 Å². The monoisotopic (exact) mass is 321 g/mol. The van der Waals surface area contributed by atoms with Crippen LogP contribution in [0.4, 0.5) is 0 Å². The Kier molecular flexibility index (Phi) is 4.51. The Labute approximate surface area is 139 Å². The zero-order chi connectivity index (χ0) is 17.1. The molecule has 0 aliphatic carbocycles. The van der Waals surface area contributed by atoms with Crippen molar-refractivity contribution < 1.29 is 4.79 Å². The molecule has 0 saturated carbocycles. The second-order valence-electron chi connectivity index (χ2n) is 6.12. The fraction of sp³-hybridized carbons (Fsp3) is 0.263. The first-order valence-electron chi connectivity index (χ1n) is 7.95. The summed E-state index contributed by atoms with van der Waals surface area (Å²) in [6.45, 7) is 3.99. The molecular weight excluding hydrogens is 302 g/mol. The molecule has 0 unspecified atom stereocenters. The third kappa shape index (κ3) is 3.40. The molecule has 3 aromatic rings. The van der Waals surface area contributed by atoms with Gasteiger partial charge in [0.1, 0.15) is 12.1 Å². The average Bonchev–Trinajstić information content (AvgIpc) is 2.58. The lowest BCUT2D eigenvalue weighted by molar-refractivity contribution is -0.120. The molecule has 1 atom stereocenters. The van der Waals surface area contributed by atoms with Gasteiger partial charge in [0, 0.05) is 6.42 Å². The number of carbonyl (C=O) groups is 1. The van der Waals surface area contributed by atoms with E-state index in [0.717, 1.165) is 10.2 Å². The first kappa shape index (κ1) is 16.1. The van der Waals surface area contributed by atoms with Gasteiger partial charge in [0.05, 0.1) is 5.39 Å². The van der Waals surface area contributed by atoms with Gasteiger partial charge in [0.15, 0.2) is 5.78 Å². The number of hydrogen-bond acceptors (Lipinski definition) is 4. The lowest BCUT2D eigenvalue weighted by Gasteiger charge is -2.11. The van der Waals surface area contributed by atoms with E-state index in [0.29, 0.717) is 17.3 Å². The lowest BCUT2D eigenvalue weighted by atomic mass is 9.95. The summed E-state index contributed by atoms with van der Waals surface area (Å²) in [5.74, 6) is 0.0666. The van der Waals surface area contributed by atoms with Crippen LogP contribution in [0.1, 0.15) is 30.4 Å². The number of carbonyl (C=O) groups excluding carboxylic acids is 1. The second-order valence-corrected chi connectivity index (χ2v) is 6.12. The van der Waals surface area contributed by atoms with Gasteiger partial charge in [-0.25, -0.2) is 4.68 Å². The van der Waals surface area contributed by atoms with Crippen LogP contribution in [-0.4, -0.2) is 20.8 Å². The van der Waals surface area contributed by atoms with Crippen LogP contribution in [0.25, 0.3) is 10.9 Å². The van der Waals surface area contributed by atoms with Gasteiger partial charge in [-0.05, 0) is 30.5 Å². The van der Waals surface area contributed by atoms with Crippen LogP contribution in [0.5, 0.6) is 0 Å². The number of benzene rings is 2. The molecule has 0 bridgehead atoms. The van der Waals surface area contributed by atoms with Gasteiger partial charge in [-0.2, -0.15) is 0 Å². The number of aromatic nitrogens is 3. The van der Waals surface area contributed by atoms with Crippen molar-refractivity contribution >= 4 is 16.7 Å². The second kappa shape index (κ2) is 6.74. The number of Topliss-reactive ketones (excluding diaryl/α,β-unsaturated/α-hetero) is 1. The van der Waals surface area contributed by atoms with Gasteiger partial charge in [-0.1, -0.05) is 54.1 Å². The van der Waals surface area contributed by atoms with Crippen molar-refractivity contribution in [2.75, 3.05) is 0 Å². The Hall–Kier alpha value is -2.82. The fourth-order valence-corrected chi connectivity index (χ4v) is 2.71. The van der Waals surface area contributed by atoms with Gasteiger partial charge in [0.25, 0.3) is 5.56 Å². The van der Waals surface area contributed by atoms with Crippen LogP contribution in [0.15, 0.2) is 53.3 Å². The van der Waals surface area contributed by atoms with Crippen molar-refractivity contribution in [1.29, 1.82) is 0 Å². The predicted molar refractivity (Wildman–Crippen MR) is 93.0 cm³/mol. The van der Waals surface area contributed by atoms with E-state index < -0.39 is 0 Å². The maximum Gasteiger partial charge on any atom is 0.278 e. The number of rotatable bonds is 5. The van der Waals surface area contributed by atoms with E-state index in [1.165, 1.54) is 5.56 Å². The Balaban J connectivity index is 1.74. The average molecular weight is 321 g/mol. The van der Waals surface area contributed by atoms with E-state index >= 15 is 0 Å². The normalized spacial score (nSPS) is 12.2. The zero-order valence-corrected chi connectivity index (χ0v) is 13.8. The van der Waals surface area contributed by atoms with Gasteiger partial charge in [0.2, 0.25) is 0 Å². The van der Waals surface area contributed by atoms with Gasteiger partial charge in [-0.3, -0.25) is 9.59 Å². The smallest absolute Gasteiger partial charge is 0.278 e. The van der Waals surface area contributed by atoms with Crippen molar-refractivity contribution in [3.05, 3.63) is 70.0 Å². The lowest BCUT2D eigenvalue weighted by Crippen LogP contribution is -2.28. The summed E-state index contributed by atoms with van der Waals surface area (Å²) < 4.78 is 1.15. The number of ketones is 1. The standard InChI is InChI=1S/C19H19N3O2/c1-13-7-9-15(10-8-13)14(2)11-16(23)12-22-19(24)17-5-3-4-6-18(17)20-21-22/h3-10,14H,11-12H2,1-2H3/t14-/m1/s1. The molecule has 0 fully saturated rings. The van der Waals surface area contributed by atoms with Gasteiger partial charge >= 0.3 is 0 Å². The first-order valence-corrected chi connectivity index (χ1v) is 7.95. The van der Waals surface area contributed by atoms with Crippen LogP contribution < -0.4 is 5.56 Å². The van der Waals surface area contributed by atoms with E-state index in [9.17, 15) is 9.59 Å². The highest BCUT2D eigenvalue weighted by Crippen LogP contribution is 2.19. The quantitative estimate of drug-likeness (QED) is 0.725. The molecule has 0 saturated heterocycles. The number of hydrogen-bond donors (Lipinski definition) is 0. The highest BCUT2D eigenvalue weighted by molar-refractivity contribution is 5.80. The summed E-state index contributed by atoms with van der Waals surface area (Å²) in [5, 5.41) is 8.35. The van der Waals surface area contributed by atoms with Crippen molar-refractivity contribution in [3.8, 4) is 0 Å². The van der Waals surface area contributed by atoms with E-state index in [-0.39, 0.29) is 23.8 Å². The number of aryl methyl sites for hydroxylation is 1. The minimum atomic E-state index is -0.281. The molecule has 1 aromatic heterocycles. The summed E-state index contributed by atoms with van der Waals surface area (Å²) in [5.41, 5.74) is 2.57. The van der Waals surface area contributed by atoms with E-state index in [2.05, 4.69) is 10.3 Å². The third-order valence-corrected chi connectivity index (χ3v) is 4.14. The Morgan fingerprint density at radius 2 is 1.83 bits per heavy atom. The van der Waals surface area contributed by atoms with Crippen LogP contribution in [0.3, 0.4) is 0 Å². The molecule has 2 aromatic carbocycles. The molecular formula is C19H19N3O2. The van der Waals surface area contributed by atoms with Crippen LogP contribution >= 0.6 is 0 Å². The summed E-state index contributed by atoms with van der Waals surface area (Å²) in [4.78, 5) is 24.7. The van der Waals surface area contributed by atoms with E-state index in [4.69, 9.17) is 0 Å². The summed E-state index contributed by atoms with van der Waals surface area (Å²) in [6, 6.07) is 15.2. The molecule has 1 heterocycles. The Morgan fingerprint density at radius 3 is 2.58 bits per heavy atom. The third-order valence-electron chi connectivity index (χ3n) is 4.14. The van der Waals surface area contributed by atoms with Crippen molar-refractivity contribution in [1.82, 2.24) is 15.0 Å². The van der Waals surface area contributed by atoms with Crippen LogP contribution in [-0.2, 0) is 11.3 Å². The SMILES string of the molecule is Cc1ccc([C@H](C)CC(=O)Cn2nnc3ccccc3c2=O)cc1. The van der Waals surface area contributed by atoms with Crippen LogP contribution in [0.2, 0.25) is 0 Å². The first-order chi connectivity index (χ1) is 11.5. The molecule has 122 valence electrons. The zero-order valence-electron chi connectivity index (χ0n) is 13.8. The minimum absolute atomic E-state index is 0.0326. The molecule has 0 aliphatic heterocycles. The van der Waals surface area contributed by atoms with E-state index in [1.54, 1.807) is 24.3 Å². The van der Waals surface area contributed by atoms with Crippen molar-refractivity contribution in [2.45, 2.75) is 32.7 Å². The largest absolute Gasteiger partial charge is 0.298 e. The van der Waals surface area contributed by atoms with Gasteiger partial charge in [-0.15, -0.1) is 5.10 Å². The highest BCUT2D eigenvalue weighted by Gasteiger charge is 2.14. The van der Waals surface area contributed by atoms with Crippen molar-refractivity contribution in [3.63, 3.8) is 0 Å². The van der Waals surface area contributed by atoms with Gasteiger partial charge < -0.3 is 0 Å². The number of fused-ring (bicyclic) bond motifs is 1. The predicted octanol–water partition coefficient (Wildman–Crippen LogP) is 2.86. The molecule has 0 spiro atoms. The van der Waals surface area contributed by atoms with Crippen LogP contribution in [0, 0.1) is 6.92 Å². The highest BCUT2D eigenvalue weighted by atomic mass is 16.1. The molecule has 0 N–H and O–H groups in total. The molecule has 0 amide bonds. The summed E-state index contributed by atoms with van der Waals surface area (Å²) >= 11 is 0. The number of nitrogens with zero attached hydrogens (tertiary/aromatic N) is 3. The molecule has 5 nitrogen and oxygen atoms in total. The molecule has 24 heavy (non-hydrogen) atoms. The van der Waals surface area contributed by atoms with Crippen molar-refractivity contribution in [2.24, 2.45) is 0 Å². The maximum atomic E-state index is 12.4. The molecule has 3 rings (SSSR count). The molecule has 0 aliphatic rings. The molecule has 0 radical (unpaired) electrons. The summed E-state index contributed by atoms with van der Waals surface area (Å²) in [6.07, 6.45) is 0.365. The van der Waals surface area contributed by atoms with E-state index in [1.807, 2.05) is 38.1 Å². The Bertz CT molecular complexity index is 929. The Morgan fingerprint density at radius 1 is 1.12 bits per heavy atom. The fourth-order valence-electron chi connectivity index (χ4n) is 2.71. The summed E-state index contributed by atoms with van der Waals surface area (Å²) in [7, 11) is 0.